The predicted octanol–water partition coefficient (Wildman–Crippen LogP) is 2.83. The second-order valence-corrected chi connectivity index (χ2v) is 5.72. The molecule has 0 aliphatic rings. The molecule has 102 valence electrons. The molecular weight excluding hydrogens is 262 g/mol. The van der Waals surface area contributed by atoms with Gasteiger partial charge in [-0.2, -0.15) is 0 Å². The molecule has 5 nitrogen and oxygen atoms in total. The van der Waals surface area contributed by atoms with Crippen LogP contribution >= 0.6 is 11.8 Å². The monoisotopic (exact) mass is 279 g/mol. The maximum absolute atomic E-state index is 10.7. The average molecular weight is 279 g/mol. The molecular formula is C13H17N3O2S. The Morgan fingerprint density at radius 2 is 2.21 bits per heavy atom. The maximum atomic E-state index is 10.7. The van der Waals surface area contributed by atoms with Gasteiger partial charge >= 0.3 is 5.97 Å². The molecule has 6 heteroatoms. The van der Waals surface area contributed by atoms with Crippen LogP contribution in [0.1, 0.15) is 26.8 Å². The van der Waals surface area contributed by atoms with E-state index >= 15 is 0 Å². The smallest absolute Gasteiger partial charge is 0.313 e. The quantitative estimate of drug-likeness (QED) is 0.852. The van der Waals surface area contributed by atoms with E-state index in [2.05, 4.69) is 30.7 Å². The van der Waals surface area contributed by atoms with Gasteiger partial charge in [0.15, 0.2) is 10.8 Å². The molecule has 0 saturated carbocycles. The van der Waals surface area contributed by atoms with Crippen molar-refractivity contribution in [3.63, 3.8) is 0 Å². The van der Waals surface area contributed by atoms with E-state index in [1.807, 2.05) is 16.7 Å². The van der Waals surface area contributed by atoms with Gasteiger partial charge in [0, 0.05) is 12.2 Å². The Bertz CT molecular complexity index is 595. The highest BCUT2D eigenvalue weighted by Gasteiger charge is 2.19. The Balaban J connectivity index is 2.48. The summed E-state index contributed by atoms with van der Waals surface area (Å²) in [6, 6.07) is 3.96. The Kier molecular flexibility index (Phi) is 4.09. The Hall–Kier alpha value is -1.56. The van der Waals surface area contributed by atoms with E-state index in [-0.39, 0.29) is 11.8 Å². The molecule has 0 aliphatic carbocycles. The summed E-state index contributed by atoms with van der Waals surface area (Å²) in [5.74, 6) is -0.411. The van der Waals surface area contributed by atoms with Gasteiger partial charge in [0.05, 0.1) is 5.75 Å². The number of rotatable bonds is 5. The zero-order valence-electron chi connectivity index (χ0n) is 11.2. The summed E-state index contributed by atoms with van der Waals surface area (Å²) < 4.78 is 2.04. The topological polar surface area (TPSA) is 68.0 Å². The summed E-state index contributed by atoms with van der Waals surface area (Å²) in [5.41, 5.74) is 1.62. The predicted molar refractivity (Wildman–Crippen MR) is 75.4 cm³/mol. The number of fused-ring (bicyclic) bond motifs is 1. The largest absolute Gasteiger partial charge is 0.481 e. The summed E-state index contributed by atoms with van der Waals surface area (Å²) >= 11 is 1.24. The molecule has 2 aromatic rings. The van der Waals surface area contributed by atoms with Crippen LogP contribution in [0.15, 0.2) is 23.5 Å². The maximum Gasteiger partial charge on any atom is 0.313 e. The molecule has 1 unspecified atom stereocenters. The lowest BCUT2D eigenvalue weighted by Gasteiger charge is -2.19. The number of carboxylic acids is 1. The lowest BCUT2D eigenvalue weighted by atomic mass is 10.1. The second kappa shape index (κ2) is 5.61. The summed E-state index contributed by atoms with van der Waals surface area (Å²) in [6.45, 7) is 6.36. The lowest BCUT2D eigenvalue weighted by Crippen LogP contribution is -2.13. The van der Waals surface area contributed by atoms with Crippen molar-refractivity contribution >= 4 is 28.9 Å². The molecule has 0 saturated heterocycles. The number of imidazole rings is 1. The van der Waals surface area contributed by atoms with Crippen LogP contribution in [0.5, 0.6) is 0 Å². The van der Waals surface area contributed by atoms with Gasteiger partial charge in [-0.1, -0.05) is 25.6 Å². The first-order valence-electron chi connectivity index (χ1n) is 6.18. The molecule has 0 bridgehead atoms. The number of hydrogen-bond acceptors (Lipinski definition) is 4. The van der Waals surface area contributed by atoms with Crippen molar-refractivity contribution in [2.24, 2.45) is 5.92 Å². The number of nitrogens with zero attached hydrogens (tertiary/aromatic N) is 3. The molecule has 0 spiro atoms. The van der Waals surface area contributed by atoms with E-state index in [0.717, 1.165) is 16.3 Å². The Morgan fingerprint density at radius 3 is 2.84 bits per heavy atom. The van der Waals surface area contributed by atoms with Crippen LogP contribution in [0, 0.1) is 5.92 Å². The van der Waals surface area contributed by atoms with Gasteiger partial charge in [-0.25, -0.2) is 9.97 Å². The van der Waals surface area contributed by atoms with Crippen molar-refractivity contribution in [2.45, 2.75) is 32.0 Å². The zero-order chi connectivity index (χ0) is 14.0. The number of aliphatic carboxylic acids is 1. The minimum Gasteiger partial charge on any atom is -0.481 e. The normalized spacial score (nSPS) is 13.1. The van der Waals surface area contributed by atoms with Crippen LogP contribution < -0.4 is 0 Å². The van der Waals surface area contributed by atoms with E-state index in [1.54, 1.807) is 6.20 Å². The number of thioether (sulfide) groups is 1. The molecule has 2 rings (SSSR count). The van der Waals surface area contributed by atoms with Crippen molar-refractivity contribution in [2.75, 3.05) is 5.75 Å². The van der Waals surface area contributed by atoms with Gasteiger partial charge in [0.2, 0.25) is 0 Å². The fourth-order valence-corrected chi connectivity index (χ4v) is 2.61. The first-order chi connectivity index (χ1) is 9.00. The Labute approximate surface area is 116 Å². The number of aromatic nitrogens is 3. The molecule has 0 amide bonds. The summed E-state index contributed by atoms with van der Waals surface area (Å²) in [5, 5.41) is 9.53. The van der Waals surface area contributed by atoms with Crippen molar-refractivity contribution in [3.8, 4) is 0 Å². The molecule has 2 heterocycles. The third-order valence-electron chi connectivity index (χ3n) is 3.11. The van der Waals surface area contributed by atoms with Crippen LogP contribution in [-0.4, -0.2) is 31.4 Å². The van der Waals surface area contributed by atoms with E-state index in [1.165, 1.54) is 11.8 Å². The highest BCUT2D eigenvalue weighted by atomic mass is 32.2. The van der Waals surface area contributed by atoms with Crippen LogP contribution in [0.25, 0.3) is 11.2 Å². The molecule has 0 radical (unpaired) electrons. The molecule has 1 N–H and O–H groups in total. The van der Waals surface area contributed by atoms with Crippen LogP contribution in [-0.2, 0) is 4.79 Å². The average Bonchev–Trinajstić information content (AvgIpc) is 2.73. The van der Waals surface area contributed by atoms with Crippen molar-refractivity contribution in [1.29, 1.82) is 0 Å². The third-order valence-corrected chi connectivity index (χ3v) is 4.05. The first-order valence-corrected chi connectivity index (χ1v) is 7.16. The lowest BCUT2D eigenvalue weighted by molar-refractivity contribution is -0.133. The van der Waals surface area contributed by atoms with Gasteiger partial charge in [0.25, 0.3) is 0 Å². The fraction of sp³-hybridized carbons (Fsp3) is 0.462. The zero-order valence-corrected chi connectivity index (χ0v) is 12.0. The highest BCUT2D eigenvalue weighted by molar-refractivity contribution is 7.99. The van der Waals surface area contributed by atoms with Crippen LogP contribution in [0.4, 0.5) is 0 Å². The summed E-state index contributed by atoms with van der Waals surface area (Å²) in [7, 11) is 0. The molecule has 19 heavy (non-hydrogen) atoms. The van der Waals surface area contributed by atoms with Gasteiger partial charge in [0.1, 0.15) is 5.52 Å². The summed E-state index contributed by atoms with van der Waals surface area (Å²) in [4.78, 5) is 19.6. The highest BCUT2D eigenvalue weighted by Crippen LogP contribution is 2.29. The number of carboxylic acid groups (broad SMARTS) is 1. The summed E-state index contributed by atoms with van der Waals surface area (Å²) in [6.07, 6.45) is 1.74. The minimum atomic E-state index is -0.839. The van der Waals surface area contributed by atoms with Crippen LogP contribution in [0.2, 0.25) is 0 Å². The first kappa shape index (κ1) is 13.9. The Morgan fingerprint density at radius 1 is 1.47 bits per heavy atom. The molecule has 0 aliphatic heterocycles. The van der Waals surface area contributed by atoms with Crippen LogP contribution in [0.3, 0.4) is 0 Å². The second-order valence-electron chi connectivity index (χ2n) is 4.78. The van der Waals surface area contributed by atoms with Gasteiger partial charge in [-0.05, 0) is 25.0 Å². The standard InChI is InChI=1S/C13H17N3O2S/c1-8(2)9(3)16-12-10(5-4-6-14-12)15-13(16)19-7-11(17)18/h4-6,8-9H,7H2,1-3H3,(H,17,18). The van der Waals surface area contributed by atoms with Gasteiger partial charge in [-0.3, -0.25) is 4.79 Å². The van der Waals surface area contributed by atoms with Crippen molar-refractivity contribution < 1.29 is 9.90 Å². The third kappa shape index (κ3) is 2.89. The van der Waals surface area contributed by atoms with E-state index < -0.39 is 5.97 Å². The number of pyridine rings is 1. The molecule has 1 atom stereocenters. The van der Waals surface area contributed by atoms with E-state index in [0.29, 0.717) is 5.92 Å². The van der Waals surface area contributed by atoms with E-state index in [9.17, 15) is 4.79 Å². The van der Waals surface area contributed by atoms with E-state index in [4.69, 9.17) is 5.11 Å². The molecule has 0 fully saturated rings. The van der Waals surface area contributed by atoms with Crippen molar-refractivity contribution in [1.82, 2.24) is 14.5 Å². The fourth-order valence-electron chi connectivity index (χ4n) is 1.80. The number of hydrogen-bond donors (Lipinski definition) is 1. The van der Waals surface area contributed by atoms with Gasteiger partial charge < -0.3 is 9.67 Å². The SMILES string of the molecule is CC(C)C(C)n1c(SCC(=O)O)nc2cccnc21. The molecule has 0 aromatic carbocycles. The van der Waals surface area contributed by atoms with Crippen molar-refractivity contribution in [3.05, 3.63) is 18.3 Å². The van der Waals surface area contributed by atoms with Gasteiger partial charge in [-0.15, -0.1) is 0 Å². The molecule has 2 aromatic heterocycles. The number of carbonyl (C=O) groups is 1. The minimum absolute atomic E-state index is 0.00807.